The molecule has 0 saturated heterocycles. The van der Waals surface area contributed by atoms with Crippen LogP contribution in [0.25, 0.3) is 10.8 Å². The topological polar surface area (TPSA) is 119 Å². The van der Waals surface area contributed by atoms with Crippen LogP contribution in [0.2, 0.25) is 0 Å². The van der Waals surface area contributed by atoms with Crippen LogP contribution in [0.3, 0.4) is 0 Å². The lowest BCUT2D eigenvalue weighted by atomic mass is 9.67. The molecule has 40 heavy (non-hydrogen) atoms. The van der Waals surface area contributed by atoms with Crippen LogP contribution in [0.1, 0.15) is 60.7 Å². The smallest absolute Gasteiger partial charge is 0.259 e. The number of unbranched alkanes of at least 4 members (excludes halogenated alkanes) is 1. The third-order valence-electron chi connectivity index (χ3n) is 7.96. The molecular weight excluding hydrogens is 510 g/mol. The summed E-state index contributed by atoms with van der Waals surface area (Å²) in [5, 5.41) is 16.1. The van der Waals surface area contributed by atoms with Crippen molar-refractivity contribution in [3.8, 4) is 17.2 Å². The van der Waals surface area contributed by atoms with Crippen molar-refractivity contribution >= 4 is 34.0 Å². The van der Waals surface area contributed by atoms with Crippen LogP contribution in [-0.4, -0.2) is 35.5 Å². The highest BCUT2D eigenvalue weighted by atomic mass is 16.5. The van der Waals surface area contributed by atoms with Gasteiger partial charge in [-0.25, -0.2) is 0 Å². The van der Waals surface area contributed by atoms with E-state index in [2.05, 4.69) is 24.4 Å². The van der Waals surface area contributed by atoms with Crippen LogP contribution in [0.15, 0.2) is 54.3 Å². The van der Waals surface area contributed by atoms with Gasteiger partial charge in [-0.05, 0) is 48.6 Å². The number of rotatable bonds is 8. The van der Waals surface area contributed by atoms with Crippen LogP contribution < -0.4 is 14.8 Å². The Kier molecular flexibility index (Phi) is 6.96. The van der Waals surface area contributed by atoms with Crippen molar-refractivity contribution in [1.29, 1.82) is 0 Å². The fourth-order valence-corrected chi connectivity index (χ4v) is 5.80. The Bertz CT molecular complexity index is 1620. The Balaban J connectivity index is 1.57. The van der Waals surface area contributed by atoms with Crippen molar-refractivity contribution < 1.29 is 33.8 Å². The number of phenols is 1. The molecule has 1 heterocycles. The molecule has 206 valence electrons. The summed E-state index contributed by atoms with van der Waals surface area (Å²) < 4.78 is 11.4. The number of allylic oxidation sites excluding steroid dienone is 2. The minimum Gasteiger partial charge on any atom is -0.507 e. The minimum absolute atomic E-state index is 0.0122. The highest BCUT2D eigenvalue weighted by molar-refractivity contribution is 6.27. The van der Waals surface area contributed by atoms with Gasteiger partial charge in [0.25, 0.3) is 5.91 Å². The lowest BCUT2D eigenvalue weighted by molar-refractivity contribution is -0.140. The average molecular weight is 542 g/mol. The highest BCUT2D eigenvalue weighted by Gasteiger charge is 2.58. The average Bonchev–Trinajstić information content (AvgIpc) is 3.23. The first-order chi connectivity index (χ1) is 19.1. The van der Waals surface area contributed by atoms with Gasteiger partial charge in [0, 0.05) is 18.7 Å². The predicted molar refractivity (Wildman–Crippen MR) is 149 cm³/mol. The number of Topliss-reactive ketones (excluding diaryl/α,β-unsaturated/α-hetero) is 2. The largest absolute Gasteiger partial charge is 0.507 e. The van der Waals surface area contributed by atoms with Gasteiger partial charge in [-0.3, -0.25) is 19.2 Å². The lowest BCUT2D eigenvalue weighted by Crippen LogP contribution is -2.47. The molecule has 1 unspecified atom stereocenters. The van der Waals surface area contributed by atoms with Crippen molar-refractivity contribution in [3.63, 3.8) is 0 Å². The third-order valence-corrected chi connectivity index (χ3v) is 7.96. The van der Waals surface area contributed by atoms with E-state index in [1.807, 2.05) is 24.3 Å². The SMILES string of the molecule is CCCCc1ccc2ccccc2c1CNC(=O)c1c(OC)cc(O)c2c1OC1=CC(=O)C(C(C)=O)C(=O)[C@]12C. The number of amides is 1. The van der Waals surface area contributed by atoms with Gasteiger partial charge in [0.1, 0.15) is 39.9 Å². The van der Waals surface area contributed by atoms with Crippen LogP contribution in [0, 0.1) is 5.92 Å². The van der Waals surface area contributed by atoms with E-state index >= 15 is 0 Å². The van der Waals surface area contributed by atoms with Gasteiger partial charge in [0.15, 0.2) is 17.3 Å². The number of ether oxygens (including phenoxy) is 2. The van der Waals surface area contributed by atoms with E-state index in [1.165, 1.54) is 27.0 Å². The van der Waals surface area contributed by atoms with Gasteiger partial charge >= 0.3 is 0 Å². The van der Waals surface area contributed by atoms with E-state index in [1.54, 1.807) is 0 Å². The van der Waals surface area contributed by atoms with Crippen LogP contribution >= 0.6 is 0 Å². The number of ketones is 3. The van der Waals surface area contributed by atoms with E-state index in [-0.39, 0.29) is 40.7 Å². The molecule has 3 aromatic carbocycles. The van der Waals surface area contributed by atoms with E-state index in [4.69, 9.17) is 9.47 Å². The molecule has 0 aromatic heterocycles. The second kappa shape index (κ2) is 10.3. The molecule has 2 atom stereocenters. The maximum atomic E-state index is 13.8. The minimum atomic E-state index is -1.62. The zero-order chi connectivity index (χ0) is 28.8. The quantitative estimate of drug-likeness (QED) is 0.396. The molecular formula is C32H31NO7. The first-order valence-electron chi connectivity index (χ1n) is 13.3. The molecule has 2 N–H and O–H groups in total. The van der Waals surface area contributed by atoms with Gasteiger partial charge in [-0.15, -0.1) is 0 Å². The lowest BCUT2D eigenvalue weighted by Gasteiger charge is -2.30. The molecule has 5 rings (SSSR count). The van der Waals surface area contributed by atoms with Crippen molar-refractivity contribution in [3.05, 3.63) is 76.6 Å². The second-order valence-corrected chi connectivity index (χ2v) is 10.4. The molecule has 8 nitrogen and oxygen atoms in total. The number of benzene rings is 3. The van der Waals surface area contributed by atoms with E-state index < -0.39 is 34.6 Å². The number of fused-ring (bicyclic) bond motifs is 4. The van der Waals surface area contributed by atoms with E-state index in [0.29, 0.717) is 0 Å². The molecule has 0 saturated carbocycles. The highest BCUT2D eigenvalue weighted by Crippen LogP contribution is 2.56. The molecule has 0 spiro atoms. The van der Waals surface area contributed by atoms with Crippen molar-refractivity contribution in [1.82, 2.24) is 5.32 Å². The normalized spacial score (nSPS) is 19.5. The molecule has 3 aromatic rings. The standard InChI is InChI=1S/C32H31NO7/c1-5-6-9-19-13-12-18-10-7-8-11-20(18)21(19)16-33-31(38)27-24(39-4)14-23(36)28-29(27)40-25-15-22(35)26(17(2)34)30(37)32(25,28)3/h7-8,10-15,26,36H,5-6,9,16H2,1-4H3,(H,33,38)/t26?,32-/m1/s1. The number of hydrogen-bond acceptors (Lipinski definition) is 7. The Morgan fingerprint density at radius 2 is 1.90 bits per heavy atom. The zero-order valence-electron chi connectivity index (χ0n) is 22.9. The van der Waals surface area contributed by atoms with Crippen molar-refractivity contribution in [2.24, 2.45) is 5.92 Å². The third kappa shape index (κ3) is 4.15. The van der Waals surface area contributed by atoms with Gasteiger partial charge in [0.2, 0.25) is 0 Å². The summed E-state index contributed by atoms with van der Waals surface area (Å²) >= 11 is 0. The number of aryl methyl sites for hydroxylation is 1. The summed E-state index contributed by atoms with van der Waals surface area (Å²) in [4.78, 5) is 52.1. The fourth-order valence-electron chi connectivity index (χ4n) is 5.80. The Labute approximate surface area is 232 Å². The molecule has 0 bridgehead atoms. The Hall–Kier alpha value is -4.46. The molecule has 2 aliphatic rings. The second-order valence-electron chi connectivity index (χ2n) is 10.4. The maximum absolute atomic E-state index is 13.8. The maximum Gasteiger partial charge on any atom is 0.259 e. The zero-order valence-corrected chi connectivity index (χ0v) is 22.9. The van der Waals surface area contributed by atoms with Crippen LogP contribution in [0.4, 0.5) is 0 Å². The molecule has 1 aliphatic heterocycles. The van der Waals surface area contributed by atoms with Crippen molar-refractivity contribution in [2.75, 3.05) is 7.11 Å². The molecule has 1 aliphatic carbocycles. The number of carbonyl (C=O) groups excluding carboxylic acids is 4. The number of aromatic hydroxyl groups is 1. The summed E-state index contributed by atoms with van der Waals surface area (Å²) in [6.45, 7) is 5.01. The van der Waals surface area contributed by atoms with Crippen molar-refractivity contribution in [2.45, 2.75) is 52.0 Å². The van der Waals surface area contributed by atoms with Gasteiger partial charge in [-0.2, -0.15) is 0 Å². The van der Waals surface area contributed by atoms with Gasteiger partial charge in [0.05, 0.1) is 12.7 Å². The van der Waals surface area contributed by atoms with Crippen LogP contribution in [-0.2, 0) is 32.8 Å². The number of nitrogens with one attached hydrogen (secondary N) is 1. The van der Waals surface area contributed by atoms with Gasteiger partial charge < -0.3 is 19.9 Å². The number of carbonyl (C=O) groups is 4. The summed E-state index contributed by atoms with van der Waals surface area (Å²) in [5.41, 5.74) is 0.546. The van der Waals surface area contributed by atoms with E-state index in [0.717, 1.165) is 47.2 Å². The molecule has 1 amide bonds. The molecule has 8 heteroatoms. The summed E-state index contributed by atoms with van der Waals surface area (Å²) in [6, 6.07) is 13.4. The summed E-state index contributed by atoms with van der Waals surface area (Å²) in [7, 11) is 1.36. The van der Waals surface area contributed by atoms with Crippen LogP contribution in [0.5, 0.6) is 17.2 Å². The first kappa shape index (κ1) is 27.1. The summed E-state index contributed by atoms with van der Waals surface area (Å²) in [5.74, 6) is -4.43. The number of hydrogen-bond donors (Lipinski definition) is 2. The molecule has 0 fully saturated rings. The molecule has 0 radical (unpaired) electrons. The predicted octanol–water partition coefficient (Wildman–Crippen LogP) is 4.72. The fraction of sp³-hybridized carbons (Fsp3) is 0.312. The summed E-state index contributed by atoms with van der Waals surface area (Å²) in [6.07, 6.45) is 4.02. The Morgan fingerprint density at radius 3 is 2.60 bits per heavy atom. The monoisotopic (exact) mass is 541 g/mol. The number of methoxy groups -OCH3 is 1. The van der Waals surface area contributed by atoms with Gasteiger partial charge in [-0.1, -0.05) is 49.7 Å². The Morgan fingerprint density at radius 1 is 1.15 bits per heavy atom. The first-order valence-corrected chi connectivity index (χ1v) is 13.3. The van der Waals surface area contributed by atoms with E-state index in [9.17, 15) is 24.3 Å². The number of phenolic OH excluding ortho intramolecular Hbond substituents is 1.